The lowest BCUT2D eigenvalue weighted by atomic mass is 9.99. The molecule has 1 aromatic carbocycles. The van der Waals surface area contributed by atoms with E-state index in [9.17, 15) is 9.59 Å². The first-order valence-electron chi connectivity index (χ1n) is 9.12. The minimum Gasteiger partial charge on any atom is -0.478 e. The van der Waals surface area contributed by atoms with Gasteiger partial charge >= 0.3 is 11.9 Å². The Labute approximate surface area is 159 Å². The number of aromatic carboxylic acids is 2. The zero-order valence-corrected chi connectivity index (χ0v) is 15.8. The lowest BCUT2D eigenvalue weighted by molar-refractivity contribution is 0.0362. The molecule has 0 radical (unpaired) electrons. The molecule has 27 heavy (non-hydrogen) atoms. The van der Waals surface area contributed by atoms with Crippen molar-refractivity contribution in [1.29, 1.82) is 0 Å². The van der Waals surface area contributed by atoms with Crippen molar-refractivity contribution in [2.45, 2.75) is 32.5 Å². The van der Waals surface area contributed by atoms with Crippen LogP contribution in [-0.4, -0.2) is 72.4 Å². The van der Waals surface area contributed by atoms with Crippen LogP contribution in [0, 0.1) is 5.92 Å². The molecule has 0 aromatic heterocycles. The Bertz CT molecular complexity index is 574. The average Bonchev–Trinajstić information content (AvgIpc) is 3.34. The van der Waals surface area contributed by atoms with Gasteiger partial charge in [-0.3, -0.25) is 10.2 Å². The molecule has 2 aliphatic rings. The molecule has 0 bridgehead atoms. The van der Waals surface area contributed by atoms with Crippen molar-refractivity contribution < 1.29 is 29.3 Å². The van der Waals surface area contributed by atoms with E-state index in [1.165, 1.54) is 24.3 Å². The Balaban J connectivity index is 0.000000199. The van der Waals surface area contributed by atoms with Crippen molar-refractivity contribution in [3.05, 3.63) is 35.4 Å². The van der Waals surface area contributed by atoms with Crippen molar-refractivity contribution in [2.24, 2.45) is 5.92 Å². The van der Waals surface area contributed by atoms with Gasteiger partial charge in [0.1, 0.15) is 6.23 Å². The highest BCUT2D eigenvalue weighted by Crippen LogP contribution is 2.20. The molecule has 2 saturated heterocycles. The van der Waals surface area contributed by atoms with E-state index < -0.39 is 11.9 Å². The minimum atomic E-state index is -1.06. The van der Waals surface area contributed by atoms with Crippen LogP contribution in [0.4, 0.5) is 0 Å². The second-order valence-electron chi connectivity index (χ2n) is 6.90. The maximum absolute atomic E-state index is 10.3. The van der Waals surface area contributed by atoms with E-state index in [1.807, 2.05) is 0 Å². The molecule has 3 rings (SSSR count). The summed E-state index contributed by atoms with van der Waals surface area (Å²) in [7, 11) is 0. The molecule has 2 heterocycles. The van der Waals surface area contributed by atoms with Gasteiger partial charge in [-0.25, -0.2) is 9.59 Å². The number of ether oxygens (including phenoxy) is 2. The highest BCUT2D eigenvalue weighted by molar-refractivity contribution is 5.91. The molecule has 8 heteroatoms. The monoisotopic (exact) mass is 380 g/mol. The summed E-state index contributed by atoms with van der Waals surface area (Å²) in [5.74, 6) is -1.48. The third-order valence-corrected chi connectivity index (χ3v) is 4.65. The molecule has 2 aliphatic heterocycles. The van der Waals surface area contributed by atoms with Crippen LogP contribution in [-0.2, 0) is 9.47 Å². The molecule has 3 N–H and O–H groups in total. The van der Waals surface area contributed by atoms with Crippen molar-refractivity contribution in [1.82, 2.24) is 10.2 Å². The number of rotatable bonds is 6. The Hall–Kier alpha value is -2.00. The Morgan fingerprint density at radius 3 is 2.11 bits per heavy atom. The fourth-order valence-electron chi connectivity index (χ4n) is 3.14. The van der Waals surface area contributed by atoms with Gasteiger partial charge in [0.25, 0.3) is 0 Å². The predicted octanol–water partition coefficient (Wildman–Crippen LogP) is 1.72. The highest BCUT2D eigenvalue weighted by Gasteiger charge is 2.29. The molecular weight excluding hydrogens is 352 g/mol. The zero-order valence-electron chi connectivity index (χ0n) is 15.8. The van der Waals surface area contributed by atoms with Gasteiger partial charge in [-0.2, -0.15) is 0 Å². The molecule has 2 unspecified atom stereocenters. The Kier molecular flexibility index (Phi) is 8.18. The van der Waals surface area contributed by atoms with Gasteiger partial charge in [0.05, 0.1) is 31.1 Å². The molecule has 150 valence electrons. The van der Waals surface area contributed by atoms with E-state index in [2.05, 4.69) is 24.1 Å². The van der Waals surface area contributed by atoms with Crippen LogP contribution in [0.3, 0.4) is 0 Å². The minimum absolute atomic E-state index is 0.0833. The predicted molar refractivity (Wildman–Crippen MR) is 98.9 cm³/mol. The van der Waals surface area contributed by atoms with Crippen LogP contribution >= 0.6 is 0 Å². The number of carboxylic acid groups (broad SMARTS) is 2. The summed E-state index contributed by atoms with van der Waals surface area (Å²) in [4.78, 5) is 23.1. The van der Waals surface area contributed by atoms with Gasteiger partial charge in [-0.15, -0.1) is 0 Å². The maximum atomic E-state index is 10.3. The van der Waals surface area contributed by atoms with Crippen LogP contribution in [0.15, 0.2) is 24.3 Å². The summed E-state index contributed by atoms with van der Waals surface area (Å²) >= 11 is 0. The standard InChI is InChI=1S/C11H22N2O2.C8H6O4/c1-9(2)10(13-4-6-14-8-13)7-11-12-3-5-15-11;9-7(10)5-1-2-6(4-3-5)8(11)12/h9-12H,3-8H2,1-2H3;1-4H,(H,9,10)(H,11,12). The molecule has 2 fully saturated rings. The number of carboxylic acids is 2. The van der Waals surface area contributed by atoms with Gasteiger partial charge in [0, 0.05) is 25.6 Å². The van der Waals surface area contributed by atoms with Gasteiger partial charge in [0.15, 0.2) is 0 Å². The summed E-state index contributed by atoms with van der Waals surface area (Å²) < 4.78 is 11.0. The fourth-order valence-corrected chi connectivity index (χ4v) is 3.14. The Morgan fingerprint density at radius 2 is 1.74 bits per heavy atom. The summed E-state index contributed by atoms with van der Waals surface area (Å²) in [6.45, 7) is 9.13. The van der Waals surface area contributed by atoms with E-state index in [0.29, 0.717) is 12.0 Å². The summed E-state index contributed by atoms with van der Waals surface area (Å²) in [6.07, 6.45) is 1.32. The average molecular weight is 380 g/mol. The number of nitrogens with one attached hydrogen (secondary N) is 1. The van der Waals surface area contributed by atoms with Crippen LogP contribution in [0.5, 0.6) is 0 Å². The van der Waals surface area contributed by atoms with Crippen LogP contribution in [0.25, 0.3) is 0 Å². The van der Waals surface area contributed by atoms with Crippen LogP contribution in [0.1, 0.15) is 41.0 Å². The first kappa shape index (κ1) is 21.3. The van der Waals surface area contributed by atoms with E-state index in [0.717, 1.165) is 39.5 Å². The van der Waals surface area contributed by atoms with Crippen molar-refractivity contribution in [3.8, 4) is 0 Å². The molecule has 0 spiro atoms. The first-order valence-corrected chi connectivity index (χ1v) is 9.12. The van der Waals surface area contributed by atoms with E-state index in [-0.39, 0.29) is 17.4 Å². The molecule has 0 aliphatic carbocycles. The number of benzene rings is 1. The molecule has 8 nitrogen and oxygen atoms in total. The van der Waals surface area contributed by atoms with E-state index >= 15 is 0 Å². The number of carbonyl (C=O) groups is 2. The largest absolute Gasteiger partial charge is 0.478 e. The molecule has 0 amide bonds. The molecule has 2 atom stereocenters. The van der Waals surface area contributed by atoms with E-state index in [4.69, 9.17) is 19.7 Å². The second kappa shape index (κ2) is 10.4. The number of nitrogens with zero attached hydrogens (tertiary/aromatic N) is 1. The van der Waals surface area contributed by atoms with Crippen molar-refractivity contribution in [2.75, 3.05) is 33.0 Å². The summed E-state index contributed by atoms with van der Waals surface area (Å²) in [6, 6.07) is 5.60. The smallest absolute Gasteiger partial charge is 0.335 e. The van der Waals surface area contributed by atoms with Crippen LogP contribution in [0.2, 0.25) is 0 Å². The van der Waals surface area contributed by atoms with Gasteiger partial charge in [0.2, 0.25) is 0 Å². The lowest BCUT2D eigenvalue weighted by Gasteiger charge is -2.31. The second-order valence-corrected chi connectivity index (χ2v) is 6.90. The lowest BCUT2D eigenvalue weighted by Crippen LogP contribution is -2.42. The highest BCUT2D eigenvalue weighted by atomic mass is 16.5. The summed E-state index contributed by atoms with van der Waals surface area (Å²) in [5, 5.41) is 20.3. The number of hydrogen-bond donors (Lipinski definition) is 3. The summed E-state index contributed by atoms with van der Waals surface area (Å²) in [5.41, 5.74) is 0.167. The van der Waals surface area contributed by atoms with Crippen molar-refractivity contribution in [3.63, 3.8) is 0 Å². The van der Waals surface area contributed by atoms with E-state index in [1.54, 1.807) is 0 Å². The van der Waals surface area contributed by atoms with Crippen molar-refractivity contribution >= 4 is 11.9 Å². The zero-order chi connectivity index (χ0) is 19.8. The normalized spacial score (nSPS) is 20.9. The Morgan fingerprint density at radius 1 is 1.15 bits per heavy atom. The molecular formula is C19H28N2O6. The molecule has 0 saturated carbocycles. The fraction of sp³-hybridized carbons (Fsp3) is 0.579. The number of hydrogen-bond acceptors (Lipinski definition) is 6. The van der Waals surface area contributed by atoms with Gasteiger partial charge in [-0.1, -0.05) is 13.8 Å². The topological polar surface area (TPSA) is 108 Å². The van der Waals surface area contributed by atoms with Gasteiger partial charge in [-0.05, 0) is 30.2 Å². The van der Waals surface area contributed by atoms with Gasteiger partial charge < -0.3 is 19.7 Å². The SMILES string of the molecule is CC(C)C(CC1NCCO1)N1CCOC1.O=C(O)c1ccc(C(=O)O)cc1. The molecule has 1 aromatic rings. The third kappa shape index (κ3) is 6.59. The third-order valence-electron chi connectivity index (χ3n) is 4.65. The maximum Gasteiger partial charge on any atom is 0.335 e. The first-order chi connectivity index (χ1) is 12.9. The quantitative estimate of drug-likeness (QED) is 0.685. The van der Waals surface area contributed by atoms with Crippen LogP contribution < -0.4 is 5.32 Å².